The molecule has 0 radical (unpaired) electrons. The van der Waals surface area contributed by atoms with Crippen molar-refractivity contribution < 1.29 is 9.53 Å². The molecule has 0 saturated heterocycles. The second kappa shape index (κ2) is 6.86. The number of H-pyrrole nitrogens is 1. The van der Waals surface area contributed by atoms with Crippen LogP contribution >= 0.6 is 23.2 Å². The zero-order chi connectivity index (χ0) is 18.3. The van der Waals surface area contributed by atoms with E-state index in [9.17, 15) is 4.79 Å². The third-order valence-corrected chi connectivity index (χ3v) is 5.26. The number of benzene rings is 2. The van der Waals surface area contributed by atoms with Gasteiger partial charge in [0, 0.05) is 33.2 Å². The molecule has 1 aromatic heterocycles. The van der Waals surface area contributed by atoms with Crippen LogP contribution in [0.25, 0.3) is 10.9 Å². The van der Waals surface area contributed by atoms with E-state index < -0.39 is 0 Å². The van der Waals surface area contributed by atoms with Gasteiger partial charge in [0.15, 0.2) is 0 Å². The first-order valence-corrected chi connectivity index (χ1v) is 9.33. The first kappa shape index (κ1) is 17.3. The number of ether oxygens (including phenoxy) is 1. The molecule has 6 heteroatoms. The molecule has 1 atom stereocenters. The van der Waals surface area contributed by atoms with Crippen molar-refractivity contribution in [3.63, 3.8) is 0 Å². The zero-order valence-corrected chi connectivity index (χ0v) is 15.8. The van der Waals surface area contributed by atoms with Crippen molar-refractivity contribution >= 4 is 40.2 Å². The van der Waals surface area contributed by atoms with Crippen molar-refractivity contribution in [2.45, 2.75) is 19.4 Å². The Labute approximate surface area is 161 Å². The average Bonchev–Trinajstić information content (AvgIpc) is 3.00. The monoisotopic (exact) mass is 388 g/mol. The molecular weight excluding hydrogens is 371 g/mol. The lowest BCUT2D eigenvalue weighted by Gasteiger charge is -2.35. The van der Waals surface area contributed by atoms with Crippen LogP contribution < -0.4 is 0 Å². The molecule has 2 aromatic carbocycles. The van der Waals surface area contributed by atoms with Gasteiger partial charge in [0.05, 0.1) is 6.61 Å². The van der Waals surface area contributed by atoms with Crippen LogP contribution in [0.4, 0.5) is 4.79 Å². The highest BCUT2D eigenvalue weighted by Gasteiger charge is 2.35. The first-order valence-electron chi connectivity index (χ1n) is 8.57. The Bertz CT molecular complexity index is 966. The molecule has 134 valence electrons. The minimum atomic E-state index is -0.310. The second-order valence-electron chi connectivity index (χ2n) is 6.30. The number of carbonyl (C=O) groups excluding carboxylic acids is 1. The summed E-state index contributed by atoms with van der Waals surface area (Å²) in [6, 6.07) is 13.2. The molecule has 1 amide bonds. The van der Waals surface area contributed by atoms with Gasteiger partial charge in [0.1, 0.15) is 6.04 Å². The van der Waals surface area contributed by atoms with Gasteiger partial charge in [-0.1, -0.05) is 35.3 Å². The molecule has 1 aliphatic rings. The molecule has 1 aliphatic heterocycles. The molecule has 0 aliphatic carbocycles. The van der Waals surface area contributed by atoms with Gasteiger partial charge in [-0.3, -0.25) is 4.90 Å². The van der Waals surface area contributed by atoms with Crippen molar-refractivity contribution in [3.8, 4) is 0 Å². The molecular formula is C20H18Cl2N2O2. The number of aromatic amines is 1. The fourth-order valence-electron chi connectivity index (χ4n) is 3.66. The van der Waals surface area contributed by atoms with Crippen LogP contribution in [0, 0.1) is 0 Å². The van der Waals surface area contributed by atoms with Crippen LogP contribution in [0.1, 0.15) is 29.8 Å². The minimum absolute atomic E-state index is 0.249. The first-order chi connectivity index (χ1) is 12.6. The number of nitrogens with zero attached hydrogens (tertiary/aromatic N) is 1. The highest BCUT2D eigenvalue weighted by Crippen LogP contribution is 2.39. The fourth-order valence-corrected chi connectivity index (χ4v) is 3.95. The van der Waals surface area contributed by atoms with E-state index in [1.807, 2.05) is 49.4 Å². The van der Waals surface area contributed by atoms with E-state index in [1.165, 1.54) is 5.56 Å². The number of carbonyl (C=O) groups is 1. The third-order valence-electron chi connectivity index (χ3n) is 4.78. The summed E-state index contributed by atoms with van der Waals surface area (Å²) >= 11 is 12.2. The summed E-state index contributed by atoms with van der Waals surface area (Å²) in [6.07, 6.45) is 0.438. The van der Waals surface area contributed by atoms with Crippen LogP contribution in [0.5, 0.6) is 0 Å². The third kappa shape index (κ3) is 2.93. The van der Waals surface area contributed by atoms with Gasteiger partial charge < -0.3 is 9.72 Å². The quantitative estimate of drug-likeness (QED) is 0.622. The lowest BCUT2D eigenvalue weighted by molar-refractivity contribution is 0.0932. The standard InChI is InChI=1S/C20H18Cl2N2O2/c1-2-26-20(25)24-10-9-15-16-11-14(22)7-8-17(16)23-18(15)19(24)12-3-5-13(21)6-4-12/h3-8,11,19,23H,2,9-10H2,1H3. The van der Waals surface area contributed by atoms with Gasteiger partial charge in [0.2, 0.25) is 0 Å². The maximum Gasteiger partial charge on any atom is 0.410 e. The van der Waals surface area contributed by atoms with Crippen molar-refractivity contribution in [2.24, 2.45) is 0 Å². The van der Waals surface area contributed by atoms with Gasteiger partial charge in [-0.15, -0.1) is 0 Å². The van der Waals surface area contributed by atoms with E-state index in [-0.39, 0.29) is 12.1 Å². The Morgan fingerprint density at radius 3 is 2.65 bits per heavy atom. The Morgan fingerprint density at radius 2 is 1.92 bits per heavy atom. The molecule has 0 fully saturated rings. The summed E-state index contributed by atoms with van der Waals surface area (Å²) in [6.45, 7) is 2.74. The Balaban J connectivity index is 1.88. The smallest absolute Gasteiger partial charge is 0.410 e. The number of fused-ring (bicyclic) bond motifs is 3. The van der Waals surface area contributed by atoms with Crippen LogP contribution in [0.3, 0.4) is 0 Å². The van der Waals surface area contributed by atoms with Gasteiger partial charge in [0.25, 0.3) is 0 Å². The van der Waals surface area contributed by atoms with E-state index in [4.69, 9.17) is 27.9 Å². The Morgan fingerprint density at radius 1 is 1.19 bits per heavy atom. The van der Waals surface area contributed by atoms with Gasteiger partial charge in [-0.2, -0.15) is 0 Å². The predicted octanol–water partition coefficient (Wildman–Crippen LogP) is 5.58. The SMILES string of the molecule is CCOC(=O)N1CCc2c([nH]c3ccc(Cl)cc23)C1c1ccc(Cl)cc1. The lowest BCUT2D eigenvalue weighted by Crippen LogP contribution is -2.40. The summed E-state index contributed by atoms with van der Waals surface area (Å²) in [5, 5.41) is 2.47. The molecule has 0 bridgehead atoms. The molecule has 4 nitrogen and oxygen atoms in total. The molecule has 1 unspecified atom stereocenters. The summed E-state index contributed by atoms with van der Waals surface area (Å²) < 4.78 is 5.29. The Hall–Kier alpha value is -2.17. The van der Waals surface area contributed by atoms with Crippen LogP contribution in [0.2, 0.25) is 10.0 Å². The molecule has 26 heavy (non-hydrogen) atoms. The van der Waals surface area contributed by atoms with Crippen LogP contribution in [0.15, 0.2) is 42.5 Å². The highest BCUT2D eigenvalue weighted by molar-refractivity contribution is 6.31. The number of amides is 1. The molecule has 0 spiro atoms. The minimum Gasteiger partial charge on any atom is -0.450 e. The number of hydrogen-bond donors (Lipinski definition) is 1. The van der Waals surface area contributed by atoms with E-state index in [1.54, 1.807) is 4.90 Å². The van der Waals surface area contributed by atoms with Crippen molar-refractivity contribution in [3.05, 3.63) is 69.3 Å². The molecule has 0 saturated carbocycles. The summed E-state index contributed by atoms with van der Waals surface area (Å²) in [5.41, 5.74) is 4.21. The molecule has 1 N–H and O–H groups in total. The van der Waals surface area contributed by atoms with E-state index in [0.717, 1.165) is 28.6 Å². The van der Waals surface area contributed by atoms with Crippen LogP contribution in [-0.2, 0) is 11.2 Å². The number of halogens is 2. The topological polar surface area (TPSA) is 45.3 Å². The number of nitrogens with one attached hydrogen (secondary N) is 1. The van der Waals surface area contributed by atoms with Crippen molar-refractivity contribution in [2.75, 3.05) is 13.2 Å². The summed E-state index contributed by atoms with van der Waals surface area (Å²) in [7, 11) is 0. The number of aromatic nitrogens is 1. The summed E-state index contributed by atoms with van der Waals surface area (Å²) in [5.74, 6) is 0. The number of hydrogen-bond acceptors (Lipinski definition) is 2. The molecule has 3 aromatic rings. The molecule has 4 rings (SSSR count). The van der Waals surface area contributed by atoms with Crippen molar-refractivity contribution in [1.29, 1.82) is 0 Å². The van der Waals surface area contributed by atoms with E-state index in [0.29, 0.717) is 23.2 Å². The maximum absolute atomic E-state index is 12.6. The predicted molar refractivity (Wildman–Crippen MR) is 104 cm³/mol. The van der Waals surface area contributed by atoms with Gasteiger partial charge >= 0.3 is 6.09 Å². The van der Waals surface area contributed by atoms with Gasteiger partial charge in [-0.25, -0.2) is 4.79 Å². The second-order valence-corrected chi connectivity index (χ2v) is 7.18. The highest BCUT2D eigenvalue weighted by atomic mass is 35.5. The summed E-state index contributed by atoms with van der Waals surface area (Å²) in [4.78, 5) is 17.8. The number of rotatable bonds is 2. The zero-order valence-electron chi connectivity index (χ0n) is 14.3. The average molecular weight is 389 g/mol. The normalized spacial score (nSPS) is 16.6. The Kier molecular flexibility index (Phi) is 4.55. The maximum atomic E-state index is 12.6. The fraction of sp³-hybridized carbons (Fsp3) is 0.250. The van der Waals surface area contributed by atoms with Crippen molar-refractivity contribution in [1.82, 2.24) is 9.88 Å². The van der Waals surface area contributed by atoms with E-state index in [2.05, 4.69) is 4.98 Å². The van der Waals surface area contributed by atoms with Crippen LogP contribution in [-0.4, -0.2) is 29.1 Å². The molecule has 2 heterocycles. The lowest BCUT2D eigenvalue weighted by atomic mass is 9.93. The largest absolute Gasteiger partial charge is 0.450 e. The van der Waals surface area contributed by atoms with Gasteiger partial charge in [-0.05, 0) is 54.8 Å². The van der Waals surface area contributed by atoms with E-state index >= 15 is 0 Å².